The molecule has 0 saturated heterocycles. The van der Waals surface area contributed by atoms with E-state index in [1.165, 1.54) is 7.11 Å². The number of ether oxygens (including phenoxy) is 1. The zero-order chi connectivity index (χ0) is 8.85. The molecule has 1 atom stereocenters. The first-order valence-electron chi connectivity index (χ1n) is 3.65. The average Bonchev–Trinajstić information content (AvgIpc) is 1.98. The molecule has 1 unspecified atom stereocenters. The molecule has 0 rings (SSSR count). The molecule has 0 fully saturated rings. The monoisotopic (exact) mass is 158 g/mol. The summed E-state index contributed by atoms with van der Waals surface area (Å²) in [4.78, 5) is 21.2. The summed E-state index contributed by atoms with van der Waals surface area (Å²) in [5, 5.41) is 0. The van der Waals surface area contributed by atoms with Gasteiger partial charge in [0.05, 0.1) is 7.11 Å². The van der Waals surface area contributed by atoms with Crippen LogP contribution in [-0.2, 0) is 14.3 Å². The van der Waals surface area contributed by atoms with Gasteiger partial charge in [0.15, 0.2) is 0 Å². The van der Waals surface area contributed by atoms with Crippen LogP contribution in [0.5, 0.6) is 0 Å². The van der Waals surface area contributed by atoms with Crippen LogP contribution >= 0.6 is 0 Å². The molecule has 0 aromatic heterocycles. The fourth-order valence-corrected chi connectivity index (χ4v) is 0.867. The third-order valence-electron chi connectivity index (χ3n) is 1.39. The van der Waals surface area contributed by atoms with Crippen molar-refractivity contribution >= 4 is 12.3 Å². The number of carbonyl (C=O) groups is 2. The van der Waals surface area contributed by atoms with Crippen molar-refractivity contribution < 1.29 is 14.3 Å². The van der Waals surface area contributed by atoms with Crippen molar-refractivity contribution in [2.75, 3.05) is 7.11 Å². The minimum atomic E-state index is -0.583. The van der Waals surface area contributed by atoms with Crippen molar-refractivity contribution in [1.82, 2.24) is 0 Å². The van der Waals surface area contributed by atoms with Crippen molar-refractivity contribution in [2.24, 2.45) is 11.8 Å². The molecule has 0 saturated carbocycles. The van der Waals surface area contributed by atoms with E-state index in [9.17, 15) is 9.59 Å². The highest BCUT2D eigenvalue weighted by molar-refractivity contribution is 5.87. The number of hydrogen-bond acceptors (Lipinski definition) is 3. The summed E-state index contributed by atoms with van der Waals surface area (Å²) >= 11 is 0. The number of rotatable bonds is 4. The largest absolute Gasteiger partial charge is 0.468 e. The predicted molar refractivity (Wildman–Crippen MR) is 41.0 cm³/mol. The highest BCUT2D eigenvalue weighted by Crippen LogP contribution is 2.10. The number of hydrogen-bond donors (Lipinski definition) is 0. The molecule has 0 aliphatic heterocycles. The molecule has 64 valence electrons. The summed E-state index contributed by atoms with van der Waals surface area (Å²) in [6, 6.07) is 0. The molecule has 0 aromatic carbocycles. The molecule has 0 spiro atoms. The van der Waals surface area contributed by atoms with Crippen LogP contribution < -0.4 is 0 Å². The lowest BCUT2D eigenvalue weighted by Gasteiger charge is -2.09. The summed E-state index contributed by atoms with van der Waals surface area (Å²) in [6.07, 6.45) is 1.21. The van der Waals surface area contributed by atoms with Gasteiger partial charge in [0.1, 0.15) is 12.2 Å². The number of carbonyl (C=O) groups excluding carboxylic acids is 2. The molecular weight excluding hydrogens is 144 g/mol. The molecule has 0 aliphatic carbocycles. The van der Waals surface area contributed by atoms with Crippen LogP contribution in [0.2, 0.25) is 0 Å². The first kappa shape index (κ1) is 10.1. The third-order valence-corrected chi connectivity index (χ3v) is 1.39. The second-order valence-electron chi connectivity index (χ2n) is 2.90. The van der Waals surface area contributed by atoms with E-state index < -0.39 is 11.9 Å². The maximum absolute atomic E-state index is 10.8. The van der Waals surface area contributed by atoms with Crippen molar-refractivity contribution in [3.63, 3.8) is 0 Å². The minimum Gasteiger partial charge on any atom is -0.468 e. The van der Waals surface area contributed by atoms with Crippen LogP contribution in [0.25, 0.3) is 0 Å². The summed E-state index contributed by atoms with van der Waals surface area (Å²) in [5.41, 5.74) is 0. The maximum Gasteiger partial charge on any atom is 0.315 e. The minimum absolute atomic E-state index is 0.337. The maximum atomic E-state index is 10.8. The van der Waals surface area contributed by atoms with Gasteiger partial charge >= 0.3 is 5.97 Å². The molecule has 3 nitrogen and oxygen atoms in total. The van der Waals surface area contributed by atoms with Gasteiger partial charge < -0.3 is 9.53 Å². The van der Waals surface area contributed by atoms with E-state index in [0.29, 0.717) is 18.6 Å². The summed E-state index contributed by atoms with van der Waals surface area (Å²) in [7, 11) is 1.29. The smallest absolute Gasteiger partial charge is 0.315 e. The number of methoxy groups -OCH3 is 1. The SMILES string of the molecule is COC(=O)C(C=O)CC(C)C. The Kier molecular flexibility index (Phi) is 4.50. The van der Waals surface area contributed by atoms with Crippen molar-refractivity contribution in [1.29, 1.82) is 0 Å². The topological polar surface area (TPSA) is 43.4 Å². The van der Waals surface area contributed by atoms with Gasteiger partial charge in [0.2, 0.25) is 0 Å². The van der Waals surface area contributed by atoms with E-state index in [1.54, 1.807) is 0 Å². The Bertz CT molecular complexity index is 140. The van der Waals surface area contributed by atoms with Gasteiger partial charge in [-0.25, -0.2) is 0 Å². The zero-order valence-corrected chi connectivity index (χ0v) is 7.16. The quantitative estimate of drug-likeness (QED) is 0.348. The lowest BCUT2D eigenvalue weighted by atomic mass is 9.99. The molecule has 11 heavy (non-hydrogen) atoms. The van der Waals surface area contributed by atoms with E-state index in [-0.39, 0.29) is 0 Å². The molecule has 3 heteroatoms. The van der Waals surface area contributed by atoms with E-state index in [0.717, 1.165) is 0 Å². The van der Waals surface area contributed by atoms with Crippen LogP contribution in [0.3, 0.4) is 0 Å². The first-order chi connectivity index (χ1) is 5.11. The molecule has 0 radical (unpaired) electrons. The molecule has 0 amide bonds. The third kappa shape index (κ3) is 3.75. The Morgan fingerprint density at radius 2 is 2.09 bits per heavy atom. The Morgan fingerprint density at radius 3 is 2.36 bits per heavy atom. The Labute approximate surface area is 66.7 Å². The fraction of sp³-hybridized carbons (Fsp3) is 0.750. The number of esters is 1. The van der Waals surface area contributed by atoms with Crippen molar-refractivity contribution in [3.05, 3.63) is 0 Å². The van der Waals surface area contributed by atoms with Crippen LogP contribution in [0.15, 0.2) is 0 Å². The molecular formula is C8H14O3. The molecule has 0 aromatic rings. The fourth-order valence-electron chi connectivity index (χ4n) is 0.867. The van der Waals surface area contributed by atoms with E-state index in [2.05, 4.69) is 4.74 Å². The van der Waals surface area contributed by atoms with Crippen LogP contribution in [0.4, 0.5) is 0 Å². The Morgan fingerprint density at radius 1 is 1.55 bits per heavy atom. The second kappa shape index (κ2) is 4.88. The Balaban J connectivity index is 3.95. The first-order valence-corrected chi connectivity index (χ1v) is 3.65. The summed E-state index contributed by atoms with van der Waals surface area (Å²) < 4.78 is 4.43. The lowest BCUT2D eigenvalue weighted by molar-refractivity contribution is -0.147. The zero-order valence-electron chi connectivity index (χ0n) is 7.16. The van der Waals surface area contributed by atoms with Crippen LogP contribution in [0, 0.1) is 11.8 Å². The highest BCUT2D eigenvalue weighted by Gasteiger charge is 2.18. The Hall–Kier alpha value is -0.860. The van der Waals surface area contributed by atoms with Gasteiger partial charge in [-0.2, -0.15) is 0 Å². The second-order valence-corrected chi connectivity index (χ2v) is 2.90. The van der Waals surface area contributed by atoms with E-state index >= 15 is 0 Å². The summed E-state index contributed by atoms with van der Waals surface area (Å²) in [5.74, 6) is -0.682. The van der Waals surface area contributed by atoms with Crippen LogP contribution in [-0.4, -0.2) is 19.4 Å². The van der Waals surface area contributed by atoms with Gasteiger partial charge in [-0.05, 0) is 12.3 Å². The molecule has 0 aliphatic rings. The van der Waals surface area contributed by atoms with E-state index in [1.807, 2.05) is 13.8 Å². The molecule has 0 N–H and O–H groups in total. The lowest BCUT2D eigenvalue weighted by Crippen LogP contribution is -2.19. The van der Waals surface area contributed by atoms with Gasteiger partial charge in [-0.1, -0.05) is 13.8 Å². The predicted octanol–water partition coefficient (Wildman–Crippen LogP) is 1.02. The van der Waals surface area contributed by atoms with E-state index in [4.69, 9.17) is 0 Å². The van der Waals surface area contributed by atoms with Gasteiger partial charge in [0, 0.05) is 0 Å². The van der Waals surface area contributed by atoms with Crippen LogP contribution in [0.1, 0.15) is 20.3 Å². The summed E-state index contributed by atoms with van der Waals surface area (Å²) in [6.45, 7) is 3.92. The van der Waals surface area contributed by atoms with Gasteiger partial charge in [-0.15, -0.1) is 0 Å². The highest BCUT2D eigenvalue weighted by atomic mass is 16.5. The standard InChI is InChI=1S/C8H14O3/c1-6(2)4-7(5-9)8(10)11-3/h5-7H,4H2,1-3H3. The molecule has 0 heterocycles. The van der Waals surface area contributed by atoms with Crippen molar-refractivity contribution in [3.8, 4) is 0 Å². The van der Waals surface area contributed by atoms with Crippen molar-refractivity contribution in [2.45, 2.75) is 20.3 Å². The van der Waals surface area contributed by atoms with Gasteiger partial charge in [0.25, 0.3) is 0 Å². The normalized spacial score (nSPS) is 12.7. The number of aldehydes is 1. The average molecular weight is 158 g/mol. The molecule has 0 bridgehead atoms. The van der Waals surface area contributed by atoms with Gasteiger partial charge in [-0.3, -0.25) is 4.79 Å².